The Hall–Kier alpha value is 2.88. The highest BCUT2D eigenvalue weighted by atomic mass is 79.9. The van der Waals surface area contributed by atoms with Crippen LogP contribution >= 0.6 is 95.6 Å². The summed E-state index contributed by atoms with van der Waals surface area (Å²) in [6.45, 7) is 0. The molecular weight excluding hydrogens is 624 g/mol. The van der Waals surface area contributed by atoms with E-state index in [-0.39, 0.29) is 9.70 Å². The lowest BCUT2D eigenvalue weighted by atomic mass is 10.0. The number of hydrogen-bond acceptors (Lipinski definition) is 0. The number of rotatable bonds is 0. The molecule has 0 heterocycles. The lowest BCUT2D eigenvalue weighted by molar-refractivity contribution is 0.502. The summed E-state index contributed by atoms with van der Waals surface area (Å²) in [5.74, 6) is 0. The third-order valence-electron chi connectivity index (χ3n) is 3.40. The molecule has 0 N–H and O–H groups in total. The fraction of sp³-hybridized carbons (Fsp3) is 1.00. The molecular formula is C12H18Br6. The van der Waals surface area contributed by atoms with Crippen molar-refractivity contribution in [2.45, 2.75) is 67.5 Å². The van der Waals surface area contributed by atoms with Gasteiger partial charge in [0.05, 0.1) is 0 Å². The van der Waals surface area contributed by atoms with Gasteiger partial charge in [-0.3, -0.25) is 0 Å². The van der Waals surface area contributed by atoms with Gasteiger partial charge in [-0.05, 0) is 12.8 Å². The minimum atomic E-state index is -0.292. The molecule has 0 aromatic rings. The first kappa shape index (κ1) is 18.9. The fourth-order valence-corrected chi connectivity index (χ4v) is 6.49. The highest BCUT2D eigenvalue weighted by Gasteiger charge is 2.56. The quantitative estimate of drug-likeness (QED) is 0.236. The molecule has 0 aliphatic heterocycles. The first-order valence-electron chi connectivity index (χ1n) is 6.34. The van der Waals surface area contributed by atoms with Crippen molar-refractivity contribution in [1.82, 2.24) is 0 Å². The van der Waals surface area contributed by atoms with Gasteiger partial charge in [0.15, 0.2) is 0 Å². The van der Waals surface area contributed by atoms with Crippen LogP contribution in [-0.4, -0.2) is 9.70 Å². The van der Waals surface area contributed by atoms with Crippen LogP contribution in [0.25, 0.3) is 0 Å². The molecule has 0 spiro atoms. The average molecular weight is 642 g/mol. The van der Waals surface area contributed by atoms with Crippen molar-refractivity contribution in [1.29, 1.82) is 0 Å². The molecule has 0 nitrogen and oxygen atoms in total. The third kappa shape index (κ3) is 4.96. The van der Waals surface area contributed by atoms with Crippen LogP contribution in [-0.2, 0) is 0 Å². The van der Waals surface area contributed by atoms with Gasteiger partial charge in [-0.2, -0.15) is 0 Å². The summed E-state index contributed by atoms with van der Waals surface area (Å²) in [5.41, 5.74) is 0. The van der Waals surface area contributed by atoms with Crippen molar-refractivity contribution in [3.05, 3.63) is 0 Å². The molecule has 0 amide bonds. The van der Waals surface area contributed by atoms with E-state index in [0.717, 1.165) is 12.8 Å². The van der Waals surface area contributed by atoms with Crippen molar-refractivity contribution in [2.75, 3.05) is 0 Å². The van der Waals surface area contributed by atoms with Crippen LogP contribution in [0.2, 0.25) is 0 Å². The van der Waals surface area contributed by atoms with Gasteiger partial charge in [-0.1, -0.05) is 141 Å². The van der Waals surface area contributed by atoms with Crippen LogP contribution in [0.5, 0.6) is 0 Å². The maximum Gasteiger partial charge on any atom is 0.130 e. The van der Waals surface area contributed by atoms with Crippen LogP contribution < -0.4 is 0 Å². The van der Waals surface area contributed by atoms with E-state index in [1.807, 2.05) is 0 Å². The predicted molar refractivity (Wildman–Crippen MR) is 103 cm³/mol. The highest BCUT2D eigenvalue weighted by Crippen LogP contribution is 2.63. The van der Waals surface area contributed by atoms with Crippen molar-refractivity contribution in [3.63, 3.8) is 0 Å². The zero-order valence-corrected chi connectivity index (χ0v) is 19.6. The van der Waals surface area contributed by atoms with Crippen LogP contribution in [0.3, 0.4) is 0 Å². The Bertz CT molecular complexity index is 237. The molecule has 18 heavy (non-hydrogen) atoms. The Labute approximate surface area is 161 Å². The zero-order chi connectivity index (χ0) is 13.9. The first-order chi connectivity index (χ1) is 8.21. The van der Waals surface area contributed by atoms with Crippen LogP contribution in [0.4, 0.5) is 0 Å². The summed E-state index contributed by atoms with van der Waals surface area (Å²) in [5, 5.41) is 0. The normalized spacial score (nSPS) is 29.0. The van der Waals surface area contributed by atoms with E-state index in [2.05, 4.69) is 95.6 Å². The van der Waals surface area contributed by atoms with Crippen LogP contribution in [0, 0.1) is 0 Å². The van der Waals surface area contributed by atoms with Gasteiger partial charge in [0.25, 0.3) is 0 Å². The molecule has 0 saturated heterocycles. The van der Waals surface area contributed by atoms with E-state index in [1.165, 1.54) is 44.9 Å². The summed E-state index contributed by atoms with van der Waals surface area (Å²) >= 11 is 23.1. The van der Waals surface area contributed by atoms with Gasteiger partial charge in [-0.25, -0.2) is 0 Å². The second-order valence-corrected chi connectivity index (χ2v) is 15.9. The Morgan fingerprint density at radius 1 is 0.444 bits per heavy atom. The van der Waals surface area contributed by atoms with E-state index in [9.17, 15) is 0 Å². The highest BCUT2D eigenvalue weighted by molar-refractivity contribution is 9.33. The van der Waals surface area contributed by atoms with Gasteiger partial charge in [0, 0.05) is 0 Å². The van der Waals surface area contributed by atoms with E-state index >= 15 is 0 Å². The molecule has 0 atom stereocenters. The van der Waals surface area contributed by atoms with Gasteiger partial charge in [-0.15, -0.1) is 0 Å². The van der Waals surface area contributed by atoms with Crippen molar-refractivity contribution in [2.24, 2.45) is 0 Å². The largest absolute Gasteiger partial charge is 0.130 e. The number of alkyl halides is 6. The molecule has 1 aliphatic carbocycles. The maximum absolute atomic E-state index is 3.85. The maximum atomic E-state index is 3.85. The number of halogens is 6. The van der Waals surface area contributed by atoms with Crippen LogP contribution in [0.15, 0.2) is 0 Å². The summed E-state index contributed by atoms with van der Waals surface area (Å²) in [6.07, 6.45) is 11.3. The Morgan fingerprint density at radius 2 is 0.722 bits per heavy atom. The summed E-state index contributed by atoms with van der Waals surface area (Å²) in [7, 11) is 0. The van der Waals surface area contributed by atoms with Crippen molar-refractivity contribution >= 4 is 95.6 Å². The third-order valence-corrected chi connectivity index (χ3v) is 14.3. The fourth-order valence-electron chi connectivity index (χ4n) is 2.16. The predicted octanol–water partition coefficient (Wildman–Crippen LogP) is 7.97. The smallest absolute Gasteiger partial charge is 0.0701 e. The van der Waals surface area contributed by atoms with E-state index in [4.69, 9.17) is 0 Å². The second kappa shape index (κ2) is 7.94. The molecule has 0 radical (unpaired) electrons. The minimum Gasteiger partial charge on any atom is -0.0701 e. The monoisotopic (exact) mass is 636 g/mol. The van der Waals surface area contributed by atoms with Gasteiger partial charge >= 0.3 is 0 Å². The summed E-state index contributed by atoms with van der Waals surface area (Å²) < 4.78 is -0.655. The van der Waals surface area contributed by atoms with Crippen molar-refractivity contribution < 1.29 is 0 Å². The van der Waals surface area contributed by atoms with Crippen molar-refractivity contribution in [3.8, 4) is 0 Å². The first-order valence-corrected chi connectivity index (χ1v) is 11.1. The van der Waals surface area contributed by atoms with Crippen LogP contribution in [0.1, 0.15) is 57.8 Å². The summed E-state index contributed by atoms with van der Waals surface area (Å²) in [6, 6.07) is 0. The standard InChI is InChI=1S/C12H18Br6/c13-10(14)8-6-4-2-1-3-5-7-9-11(15,16)12(10,17)18/h1-9H2. The molecule has 1 fully saturated rings. The van der Waals surface area contributed by atoms with E-state index < -0.39 is 0 Å². The second-order valence-electron chi connectivity index (χ2n) is 4.96. The molecule has 1 rings (SSSR count). The minimum absolute atomic E-state index is 0.181. The molecule has 0 bridgehead atoms. The SMILES string of the molecule is BrC1(Br)CCCCCCCCCC(Br)(Br)C1(Br)Br. The number of hydrogen-bond donors (Lipinski definition) is 0. The van der Waals surface area contributed by atoms with Gasteiger partial charge < -0.3 is 0 Å². The lowest BCUT2D eigenvalue weighted by Crippen LogP contribution is -2.47. The lowest BCUT2D eigenvalue weighted by Gasteiger charge is -2.44. The molecule has 0 aromatic heterocycles. The zero-order valence-electron chi connectivity index (χ0n) is 10.1. The topological polar surface area (TPSA) is 0 Å². The Morgan fingerprint density at radius 3 is 1.06 bits per heavy atom. The van der Waals surface area contributed by atoms with E-state index in [1.54, 1.807) is 0 Å². The summed E-state index contributed by atoms with van der Waals surface area (Å²) in [4.78, 5) is 0. The molecule has 6 heteroatoms. The molecule has 108 valence electrons. The Kier molecular flexibility index (Phi) is 8.35. The molecule has 0 unspecified atom stereocenters. The molecule has 1 aliphatic rings. The van der Waals surface area contributed by atoms with Gasteiger partial charge in [0.1, 0.15) is 9.70 Å². The van der Waals surface area contributed by atoms with Gasteiger partial charge in [0.2, 0.25) is 0 Å². The Balaban J connectivity index is 2.83. The average Bonchev–Trinajstić information content (AvgIpc) is 2.25. The molecule has 1 saturated carbocycles. The molecule has 0 aromatic carbocycles. The van der Waals surface area contributed by atoms with E-state index in [0.29, 0.717) is 0 Å².